The van der Waals surface area contributed by atoms with Crippen LogP contribution in [0.25, 0.3) is 0 Å². The first-order valence-corrected chi connectivity index (χ1v) is 6.39. The molecule has 0 saturated heterocycles. The van der Waals surface area contributed by atoms with Gasteiger partial charge in [-0.25, -0.2) is 4.98 Å². The highest BCUT2D eigenvalue weighted by molar-refractivity contribution is 5.97. The van der Waals surface area contributed by atoms with Gasteiger partial charge >= 0.3 is 0 Å². The Kier molecular flexibility index (Phi) is 4.27. The lowest BCUT2D eigenvalue weighted by atomic mass is 10.1. The lowest BCUT2D eigenvalue weighted by Gasteiger charge is -2.08. The summed E-state index contributed by atoms with van der Waals surface area (Å²) in [5.41, 5.74) is 1.35. The molecule has 0 atom stereocenters. The van der Waals surface area contributed by atoms with E-state index in [1.165, 1.54) is 23.9 Å². The van der Waals surface area contributed by atoms with E-state index < -0.39 is 0 Å². The number of carbonyl (C=O) groups excluding carboxylic acids is 2. The number of ketones is 1. The highest BCUT2D eigenvalue weighted by Crippen LogP contribution is 2.11. The number of anilines is 1. The fourth-order valence-corrected chi connectivity index (χ4v) is 1.81. The molecule has 1 amide bonds. The van der Waals surface area contributed by atoms with E-state index in [1.54, 1.807) is 31.2 Å². The standard InChI is InChI=1S/C15H15N3O3/c1-10-6-15(21)18(9-16-10)8-14(20)17-13-5-3-4-12(7-13)11(2)19/h3-7,9H,8H2,1-2H3,(H,17,20). The Morgan fingerprint density at radius 1 is 1.29 bits per heavy atom. The normalized spacial score (nSPS) is 10.2. The number of aromatic nitrogens is 2. The predicted molar refractivity (Wildman–Crippen MR) is 78.3 cm³/mol. The number of hydrogen-bond acceptors (Lipinski definition) is 4. The SMILES string of the molecule is CC(=O)c1cccc(NC(=O)Cn2cnc(C)cc2=O)c1. The van der Waals surface area contributed by atoms with E-state index in [-0.39, 0.29) is 23.8 Å². The molecule has 1 aromatic carbocycles. The van der Waals surface area contributed by atoms with Crippen molar-refractivity contribution in [3.63, 3.8) is 0 Å². The van der Waals surface area contributed by atoms with Crippen LogP contribution in [0.4, 0.5) is 5.69 Å². The number of hydrogen-bond donors (Lipinski definition) is 1. The molecule has 0 spiro atoms. The quantitative estimate of drug-likeness (QED) is 0.861. The highest BCUT2D eigenvalue weighted by Gasteiger charge is 2.07. The topological polar surface area (TPSA) is 81.1 Å². The van der Waals surface area contributed by atoms with Crippen LogP contribution in [0.1, 0.15) is 23.0 Å². The van der Waals surface area contributed by atoms with Gasteiger partial charge in [-0.15, -0.1) is 0 Å². The van der Waals surface area contributed by atoms with E-state index in [1.807, 2.05) is 0 Å². The van der Waals surface area contributed by atoms with Gasteiger partial charge < -0.3 is 5.32 Å². The van der Waals surface area contributed by atoms with E-state index in [4.69, 9.17) is 0 Å². The summed E-state index contributed by atoms with van der Waals surface area (Å²) in [6.07, 6.45) is 1.34. The Morgan fingerprint density at radius 2 is 2.05 bits per heavy atom. The molecule has 0 aliphatic heterocycles. The van der Waals surface area contributed by atoms with Crippen LogP contribution in [0.5, 0.6) is 0 Å². The summed E-state index contributed by atoms with van der Waals surface area (Å²) in [7, 11) is 0. The Morgan fingerprint density at radius 3 is 2.71 bits per heavy atom. The van der Waals surface area contributed by atoms with Gasteiger partial charge in [0.15, 0.2) is 5.78 Å². The van der Waals surface area contributed by atoms with E-state index in [2.05, 4.69) is 10.3 Å². The summed E-state index contributed by atoms with van der Waals surface area (Å²) in [6, 6.07) is 8.00. The zero-order valence-electron chi connectivity index (χ0n) is 11.8. The third kappa shape index (κ3) is 3.85. The number of carbonyl (C=O) groups is 2. The second-order valence-electron chi connectivity index (χ2n) is 4.68. The van der Waals surface area contributed by atoms with Crippen molar-refractivity contribution >= 4 is 17.4 Å². The zero-order chi connectivity index (χ0) is 15.4. The predicted octanol–water partition coefficient (Wildman–Crippen LogP) is 1.39. The molecule has 21 heavy (non-hydrogen) atoms. The fourth-order valence-electron chi connectivity index (χ4n) is 1.81. The molecule has 6 nitrogen and oxygen atoms in total. The first-order valence-electron chi connectivity index (χ1n) is 6.39. The Labute approximate surface area is 121 Å². The average Bonchev–Trinajstić information content (AvgIpc) is 2.42. The van der Waals surface area contributed by atoms with Gasteiger partial charge in [0.1, 0.15) is 6.54 Å². The largest absolute Gasteiger partial charge is 0.325 e. The molecule has 0 unspecified atom stereocenters. The third-order valence-electron chi connectivity index (χ3n) is 2.88. The number of nitrogens with zero attached hydrogens (tertiary/aromatic N) is 2. The highest BCUT2D eigenvalue weighted by atomic mass is 16.2. The van der Waals surface area contributed by atoms with Crippen molar-refractivity contribution in [2.75, 3.05) is 5.32 Å². The molecule has 1 N–H and O–H groups in total. The van der Waals surface area contributed by atoms with Gasteiger partial charge in [-0.1, -0.05) is 12.1 Å². The number of Topliss-reactive ketones (excluding diaryl/α,β-unsaturated/α-hetero) is 1. The number of nitrogens with one attached hydrogen (secondary N) is 1. The van der Waals surface area contributed by atoms with Crippen LogP contribution in [0.3, 0.4) is 0 Å². The van der Waals surface area contributed by atoms with E-state index in [0.717, 1.165) is 0 Å². The van der Waals surface area contributed by atoms with Gasteiger partial charge in [0.25, 0.3) is 5.56 Å². The van der Waals surface area contributed by atoms with E-state index in [0.29, 0.717) is 16.9 Å². The minimum Gasteiger partial charge on any atom is -0.325 e. The van der Waals surface area contributed by atoms with Gasteiger partial charge in [-0.05, 0) is 26.0 Å². The average molecular weight is 285 g/mol. The van der Waals surface area contributed by atoms with Crippen molar-refractivity contribution in [3.8, 4) is 0 Å². The van der Waals surface area contributed by atoms with Crippen molar-refractivity contribution in [2.45, 2.75) is 20.4 Å². The fraction of sp³-hybridized carbons (Fsp3) is 0.200. The van der Waals surface area contributed by atoms with Crippen molar-refractivity contribution in [3.05, 3.63) is 58.3 Å². The summed E-state index contributed by atoms with van der Waals surface area (Å²) in [5.74, 6) is -0.437. The molecule has 0 saturated carbocycles. The van der Waals surface area contributed by atoms with Crippen LogP contribution in [0.15, 0.2) is 41.5 Å². The molecule has 1 heterocycles. The van der Waals surface area contributed by atoms with E-state index >= 15 is 0 Å². The molecule has 1 aromatic heterocycles. The molecule has 2 rings (SSSR count). The summed E-state index contributed by atoms with van der Waals surface area (Å²) in [4.78, 5) is 38.8. The van der Waals surface area contributed by atoms with Crippen LogP contribution in [-0.2, 0) is 11.3 Å². The maximum Gasteiger partial charge on any atom is 0.253 e. The summed E-state index contributed by atoms with van der Waals surface area (Å²) in [5, 5.41) is 2.65. The maximum absolute atomic E-state index is 11.9. The number of aryl methyl sites for hydroxylation is 1. The molecule has 108 valence electrons. The second kappa shape index (κ2) is 6.13. The number of benzene rings is 1. The van der Waals surface area contributed by atoms with Gasteiger partial charge in [0.2, 0.25) is 5.91 Å². The van der Waals surface area contributed by atoms with Gasteiger partial charge in [-0.2, -0.15) is 0 Å². The van der Waals surface area contributed by atoms with Crippen molar-refractivity contribution in [1.29, 1.82) is 0 Å². The van der Waals surface area contributed by atoms with Crippen molar-refractivity contribution in [2.24, 2.45) is 0 Å². The molecule has 0 radical (unpaired) electrons. The smallest absolute Gasteiger partial charge is 0.253 e. The van der Waals surface area contributed by atoms with Gasteiger partial charge in [0.05, 0.1) is 6.33 Å². The van der Waals surface area contributed by atoms with Crippen LogP contribution >= 0.6 is 0 Å². The van der Waals surface area contributed by atoms with Gasteiger partial charge in [-0.3, -0.25) is 19.0 Å². The summed E-state index contributed by atoms with van der Waals surface area (Å²) in [6.45, 7) is 3.04. The molecule has 0 aliphatic carbocycles. The molecular formula is C15H15N3O3. The van der Waals surface area contributed by atoms with Crippen LogP contribution in [0.2, 0.25) is 0 Å². The maximum atomic E-state index is 11.9. The first kappa shape index (κ1) is 14.6. The molecule has 2 aromatic rings. The zero-order valence-corrected chi connectivity index (χ0v) is 11.8. The molecule has 0 aliphatic rings. The lowest BCUT2D eigenvalue weighted by Crippen LogP contribution is -2.27. The molecule has 0 fully saturated rings. The summed E-state index contributed by atoms with van der Waals surface area (Å²) < 4.78 is 1.22. The third-order valence-corrected chi connectivity index (χ3v) is 2.88. The molecule has 6 heteroatoms. The monoisotopic (exact) mass is 285 g/mol. The molecule has 0 bridgehead atoms. The molecular weight excluding hydrogens is 270 g/mol. The van der Waals surface area contributed by atoms with Crippen LogP contribution in [-0.4, -0.2) is 21.2 Å². The Balaban J connectivity index is 2.10. The van der Waals surface area contributed by atoms with Crippen molar-refractivity contribution in [1.82, 2.24) is 9.55 Å². The number of rotatable bonds is 4. The first-order chi connectivity index (χ1) is 9.95. The van der Waals surface area contributed by atoms with Crippen molar-refractivity contribution < 1.29 is 9.59 Å². The van der Waals surface area contributed by atoms with Crippen LogP contribution < -0.4 is 10.9 Å². The minimum absolute atomic E-state index is 0.0787. The van der Waals surface area contributed by atoms with Crippen LogP contribution in [0, 0.1) is 6.92 Å². The van der Waals surface area contributed by atoms with Gasteiger partial charge in [0, 0.05) is 23.0 Å². The Hall–Kier alpha value is -2.76. The minimum atomic E-state index is -0.358. The second-order valence-corrected chi connectivity index (χ2v) is 4.68. The Bertz CT molecular complexity index is 750. The lowest BCUT2D eigenvalue weighted by molar-refractivity contribution is -0.116. The number of amides is 1. The van der Waals surface area contributed by atoms with E-state index in [9.17, 15) is 14.4 Å². The summed E-state index contributed by atoms with van der Waals surface area (Å²) >= 11 is 0.